The van der Waals surface area contributed by atoms with Gasteiger partial charge in [0.25, 0.3) is 5.56 Å². The molecule has 5 nitrogen and oxygen atoms in total. The van der Waals surface area contributed by atoms with Crippen LogP contribution >= 0.6 is 0 Å². The van der Waals surface area contributed by atoms with E-state index in [9.17, 15) is 9.90 Å². The van der Waals surface area contributed by atoms with Gasteiger partial charge in [-0.2, -0.15) is 0 Å². The summed E-state index contributed by atoms with van der Waals surface area (Å²) >= 11 is 0. The zero-order valence-corrected chi connectivity index (χ0v) is 13.0. The standard InChI is InChI=1S/C18H17N3O2/c1-13-17(12-19-14-8-10-16(22)11-9-14)18(23)21(20(13)2)15-6-4-3-5-7-15/h3-12,22H,1-2H3. The van der Waals surface area contributed by atoms with E-state index in [1.54, 1.807) is 35.2 Å². The molecule has 0 fully saturated rings. The van der Waals surface area contributed by atoms with Crippen LogP contribution in [0.25, 0.3) is 5.69 Å². The summed E-state index contributed by atoms with van der Waals surface area (Å²) in [5.74, 6) is 0.186. The molecule has 0 saturated heterocycles. The Balaban J connectivity index is 2.04. The molecule has 3 aromatic rings. The molecule has 23 heavy (non-hydrogen) atoms. The average Bonchev–Trinajstić information content (AvgIpc) is 2.78. The molecular weight excluding hydrogens is 290 g/mol. The van der Waals surface area contributed by atoms with Crippen molar-refractivity contribution in [2.24, 2.45) is 12.0 Å². The number of aliphatic imine (C=N–C) groups is 1. The minimum Gasteiger partial charge on any atom is -0.508 e. The van der Waals surface area contributed by atoms with E-state index in [2.05, 4.69) is 4.99 Å². The number of rotatable bonds is 3. The number of nitrogens with zero attached hydrogens (tertiary/aromatic N) is 3. The van der Waals surface area contributed by atoms with Crippen molar-refractivity contribution >= 4 is 11.9 Å². The second-order valence-corrected chi connectivity index (χ2v) is 5.25. The van der Waals surface area contributed by atoms with Crippen molar-refractivity contribution < 1.29 is 5.11 Å². The molecule has 0 spiro atoms. The van der Waals surface area contributed by atoms with Crippen molar-refractivity contribution in [3.8, 4) is 11.4 Å². The zero-order valence-electron chi connectivity index (χ0n) is 13.0. The SMILES string of the molecule is Cc1c(C=Nc2ccc(O)cc2)c(=O)n(-c2ccccc2)n1C. The van der Waals surface area contributed by atoms with E-state index in [0.29, 0.717) is 11.3 Å². The molecule has 0 bridgehead atoms. The molecule has 1 heterocycles. The summed E-state index contributed by atoms with van der Waals surface area (Å²) in [7, 11) is 1.85. The van der Waals surface area contributed by atoms with Gasteiger partial charge in [-0.3, -0.25) is 14.5 Å². The van der Waals surface area contributed by atoms with Gasteiger partial charge in [0.05, 0.1) is 16.9 Å². The Morgan fingerprint density at radius 3 is 2.35 bits per heavy atom. The number of para-hydroxylation sites is 1. The Morgan fingerprint density at radius 2 is 1.70 bits per heavy atom. The van der Waals surface area contributed by atoms with Crippen molar-refractivity contribution in [2.75, 3.05) is 0 Å². The maximum Gasteiger partial charge on any atom is 0.280 e. The molecule has 0 saturated carbocycles. The van der Waals surface area contributed by atoms with Crippen LogP contribution in [0.3, 0.4) is 0 Å². The van der Waals surface area contributed by atoms with Crippen molar-refractivity contribution in [1.29, 1.82) is 0 Å². The summed E-state index contributed by atoms with van der Waals surface area (Å²) in [6.45, 7) is 1.89. The third kappa shape index (κ3) is 2.81. The van der Waals surface area contributed by atoms with E-state index < -0.39 is 0 Å². The maximum atomic E-state index is 12.7. The van der Waals surface area contributed by atoms with E-state index in [4.69, 9.17) is 0 Å². The van der Waals surface area contributed by atoms with E-state index in [1.165, 1.54) is 0 Å². The van der Waals surface area contributed by atoms with Crippen LogP contribution in [0.4, 0.5) is 5.69 Å². The van der Waals surface area contributed by atoms with Gasteiger partial charge >= 0.3 is 0 Å². The summed E-state index contributed by atoms with van der Waals surface area (Å²) < 4.78 is 3.43. The topological polar surface area (TPSA) is 59.5 Å². The third-order valence-corrected chi connectivity index (χ3v) is 3.79. The number of aromatic hydroxyl groups is 1. The summed E-state index contributed by atoms with van der Waals surface area (Å²) in [5, 5.41) is 9.29. The van der Waals surface area contributed by atoms with Gasteiger partial charge in [-0.25, -0.2) is 4.68 Å². The Bertz CT molecular complexity index is 904. The monoisotopic (exact) mass is 307 g/mol. The first-order chi connectivity index (χ1) is 11.1. The highest BCUT2D eigenvalue weighted by molar-refractivity contribution is 5.83. The minimum absolute atomic E-state index is 0.112. The number of aromatic nitrogens is 2. The first-order valence-electron chi connectivity index (χ1n) is 7.25. The Kier molecular flexibility index (Phi) is 3.85. The van der Waals surface area contributed by atoms with Crippen LogP contribution in [0.1, 0.15) is 11.3 Å². The summed E-state index contributed by atoms with van der Waals surface area (Å²) in [6, 6.07) is 16.0. The normalized spacial score (nSPS) is 11.2. The van der Waals surface area contributed by atoms with Crippen LogP contribution < -0.4 is 5.56 Å². The summed E-state index contributed by atoms with van der Waals surface area (Å²) in [6.07, 6.45) is 1.57. The lowest BCUT2D eigenvalue weighted by Gasteiger charge is -2.07. The fourth-order valence-electron chi connectivity index (χ4n) is 2.42. The second kappa shape index (κ2) is 5.96. The van der Waals surface area contributed by atoms with Crippen LogP contribution in [-0.2, 0) is 7.05 Å². The molecule has 2 aromatic carbocycles. The van der Waals surface area contributed by atoms with Crippen LogP contribution in [-0.4, -0.2) is 20.7 Å². The Morgan fingerprint density at radius 1 is 1.04 bits per heavy atom. The lowest BCUT2D eigenvalue weighted by Crippen LogP contribution is -2.20. The molecule has 116 valence electrons. The number of benzene rings is 2. The van der Waals surface area contributed by atoms with Gasteiger partial charge in [0.2, 0.25) is 0 Å². The van der Waals surface area contributed by atoms with Crippen LogP contribution in [0.5, 0.6) is 5.75 Å². The molecule has 3 rings (SSSR count). The number of phenols is 1. The molecule has 5 heteroatoms. The Hall–Kier alpha value is -3.08. The molecule has 0 aliphatic heterocycles. The highest BCUT2D eigenvalue weighted by Gasteiger charge is 2.14. The van der Waals surface area contributed by atoms with Gasteiger partial charge in [-0.05, 0) is 43.3 Å². The first kappa shape index (κ1) is 14.8. The first-order valence-corrected chi connectivity index (χ1v) is 7.25. The van der Waals surface area contributed by atoms with Crippen molar-refractivity contribution in [2.45, 2.75) is 6.92 Å². The summed E-state index contributed by atoms with van der Waals surface area (Å²) in [5.41, 5.74) is 2.76. The van der Waals surface area contributed by atoms with E-state index in [1.807, 2.05) is 49.0 Å². The number of phenolic OH excluding ortho intramolecular Hbond substituents is 1. The van der Waals surface area contributed by atoms with Gasteiger partial charge in [-0.15, -0.1) is 0 Å². The third-order valence-electron chi connectivity index (χ3n) is 3.79. The molecule has 1 aromatic heterocycles. The predicted molar refractivity (Wildman–Crippen MR) is 91.1 cm³/mol. The largest absolute Gasteiger partial charge is 0.508 e. The molecule has 0 radical (unpaired) electrons. The average molecular weight is 307 g/mol. The highest BCUT2D eigenvalue weighted by atomic mass is 16.3. The number of hydrogen-bond acceptors (Lipinski definition) is 3. The van der Waals surface area contributed by atoms with Gasteiger partial charge in [0, 0.05) is 19.0 Å². The predicted octanol–water partition coefficient (Wildman–Crippen LogP) is 2.94. The Labute approximate surface area is 133 Å². The maximum absolute atomic E-state index is 12.7. The number of hydrogen-bond donors (Lipinski definition) is 1. The molecule has 0 atom stereocenters. The molecule has 0 unspecified atom stereocenters. The summed E-state index contributed by atoms with van der Waals surface area (Å²) in [4.78, 5) is 17.0. The van der Waals surface area contributed by atoms with Crippen molar-refractivity contribution in [3.05, 3.63) is 76.2 Å². The smallest absolute Gasteiger partial charge is 0.280 e. The lowest BCUT2D eigenvalue weighted by molar-refractivity contribution is 0.475. The lowest BCUT2D eigenvalue weighted by atomic mass is 10.2. The van der Waals surface area contributed by atoms with Crippen LogP contribution in [0.2, 0.25) is 0 Å². The van der Waals surface area contributed by atoms with Crippen LogP contribution in [0.15, 0.2) is 64.4 Å². The second-order valence-electron chi connectivity index (χ2n) is 5.25. The molecule has 0 amide bonds. The van der Waals surface area contributed by atoms with Crippen molar-refractivity contribution in [3.63, 3.8) is 0 Å². The van der Waals surface area contributed by atoms with E-state index in [0.717, 1.165) is 11.4 Å². The van der Waals surface area contributed by atoms with Crippen LogP contribution in [0, 0.1) is 6.92 Å². The van der Waals surface area contributed by atoms with Crippen molar-refractivity contribution in [1.82, 2.24) is 9.36 Å². The quantitative estimate of drug-likeness (QED) is 0.756. The molecule has 1 N–H and O–H groups in total. The van der Waals surface area contributed by atoms with Gasteiger partial charge < -0.3 is 5.11 Å². The van der Waals surface area contributed by atoms with Gasteiger partial charge in [0.15, 0.2) is 0 Å². The highest BCUT2D eigenvalue weighted by Crippen LogP contribution is 2.17. The van der Waals surface area contributed by atoms with Gasteiger partial charge in [-0.1, -0.05) is 18.2 Å². The van der Waals surface area contributed by atoms with Gasteiger partial charge in [0.1, 0.15) is 5.75 Å². The molecule has 0 aliphatic carbocycles. The zero-order chi connectivity index (χ0) is 16.4. The minimum atomic E-state index is -0.112. The van der Waals surface area contributed by atoms with E-state index >= 15 is 0 Å². The molecule has 0 aliphatic rings. The van der Waals surface area contributed by atoms with E-state index in [-0.39, 0.29) is 11.3 Å². The fraction of sp³-hybridized carbons (Fsp3) is 0.111. The fourth-order valence-corrected chi connectivity index (χ4v) is 2.42. The molecular formula is C18H17N3O2.